The van der Waals surface area contributed by atoms with E-state index in [9.17, 15) is 4.79 Å². The molecule has 1 amide bonds. The number of rotatable bonds is 6. The summed E-state index contributed by atoms with van der Waals surface area (Å²) >= 11 is 0. The number of nitrogens with one attached hydrogen (secondary N) is 1. The van der Waals surface area contributed by atoms with Gasteiger partial charge in [-0.2, -0.15) is 0 Å². The highest BCUT2D eigenvalue weighted by Crippen LogP contribution is 2.14. The molecule has 0 fully saturated rings. The van der Waals surface area contributed by atoms with Crippen molar-refractivity contribution in [3.63, 3.8) is 0 Å². The van der Waals surface area contributed by atoms with Gasteiger partial charge in [-0.05, 0) is 38.4 Å². The molecule has 4 nitrogen and oxygen atoms in total. The molecule has 0 aromatic carbocycles. The highest BCUT2D eigenvalue weighted by Gasteiger charge is 2.16. The first kappa shape index (κ1) is 12.8. The zero-order valence-electron chi connectivity index (χ0n) is 9.90. The van der Waals surface area contributed by atoms with E-state index in [-0.39, 0.29) is 17.9 Å². The fraction of sp³-hybridized carbons (Fsp3) is 0.583. The van der Waals surface area contributed by atoms with E-state index in [0.717, 1.165) is 18.6 Å². The second-order valence-corrected chi connectivity index (χ2v) is 4.08. The Kier molecular flexibility index (Phi) is 5.05. The lowest BCUT2D eigenvalue weighted by molar-refractivity contribution is -0.125. The molecule has 1 aromatic rings. The molecule has 0 saturated carbocycles. The minimum Gasteiger partial charge on any atom is -0.467 e. The third kappa shape index (κ3) is 3.70. The molecule has 1 heterocycles. The molecule has 0 aliphatic carbocycles. The van der Waals surface area contributed by atoms with E-state index in [2.05, 4.69) is 5.32 Å². The summed E-state index contributed by atoms with van der Waals surface area (Å²) in [4.78, 5) is 11.8. The summed E-state index contributed by atoms with van der Waals surface area (Å²) < 4.78 is 5.22. The molecular formula is C12H20N2O2. The number of amides is 1. The molecule has 16 heavy (non-hydrogen) atoms. The van der Waals surface area contributed by atoms with Crippen molar-refractivity contribution in [1.29, 1.82) is 0 Å². The molecule has 2 unspecified atom stereocenters. The van der Waals surface area contributed by atoms with Crippen LogP contribution in [0.25, 0.3) is 0 Å². The Morgan fingerprint density at radius 2 is 2.31 bits per heavy atom. The topological polar surface area (TPSA) is 68.3 Å². The summed E-state index contributed by atoms with van der Waals surface area (Å²) in [5, 5.41) is 2.92. The third-order valence-electron chi connectivity index (χ3n) is 2.62. The van der Waals surface area contributed by atoms with E-state index in [0.29, 0.717) is 6.54 Å². The van der Waals surface area contributed by atoms with Gasteiger partial charge in [-0.3, -0.25) is 4.79 Å². The van der Waals surface area contributed by atoms with Crippen molar-refractivity contribution >= 4 is 5.91 Å². The van der Waals surface area contributed by atoms with Crippen molar-refractivity contribution in [2.45, 2.75) is 32.7 Å². The standard InChI is InChI=1S/C12H20N2O2/c1-9(5-3-7-13)12(15)14-10(2)11-6-4-8-16-11/h4,6,8-10H,3,5,7,13H2,1-2H3,(H,14,15). The smallest absolute Gasteiger partial charge is 0.223 e. The Morgan fingerprint density at radius 3 is 2.88 bits per heavy atom. The number of carbonyl (C=O) groups is 1. The maximum atomic E-state index is 11.8. The van der Waals surface area contributed by atoms with Crippen LogP contribution in [0.4, 0.5) is 0 Å². The maximum Gasteiger partial charge on any atom is 0.223 e. The van der Waals surface area contributed by atoms with Crippen molar-refractivity contribution < 1.29 is 9.21 Å². The molecule has 0 radical (unpaired) electrons. The first-order chi connectivity index (χ1) is 7.65. The van der Waals surface area contributed by atoms with E-state index in [1.807, 2.05) is 26.0 Å². The first-order valence-electron chi connectivity index (χ1n) is 5.69. The van der Waals surface area contributed by atoms with Gasteiger partial charge in [-0.1, -0.05) is 6.92 Å². The van der Waals surface area contributed by atoms with Crippen LogP contribution in [0.15, 0.2) is 22.8 Å². The quantitative estimate of drug-likeness (QED) is 0.774. The van der Waals surface area contributed by atoms with Crippen LogP contribution in [0, 0.1) is 5.92 Å². The van der Waals surface area contributed by atoms with Gasteiger partial charge in [-0.25, -0.2) is 0 Å². The van der Waals surface area contributed by atoms with E-state index in [4.69, 9.17) is 10.2 Å². The average Bonchev–Trinajstić information content (AvgIpc) is 2.79. The van der Waals surface area contributed by atoms with E-state index >= 15 is 0 Å². The van der Waals surface area contributed by atoms with Crippen LogP contribution in [0.2, 0.25) is 0 Å². The molecule has 3 N–H and O–H groups in total. The zero-order chi connectivity index (χ0) is 12.0. The number of furan rings is 1. The minimum absolute atomic E-state index is 0.000891. The van der Waals surface area contributed by atoms with Crippen molar-refractivity contribution in [1.82, 2.24) is 5.32 Å². The normalized spacial score (nSPS) is 14.4. The van der Waals surface area contributed by atoms with Crippen molar-refractivity contribution in [2.75, 3.05) is 6.54 Å². The molecule has 4 heteroatoms. The average molecular weight is 224 g/mol. The van der Waals surface area contributed by atoms with Crippen LogP contribution in [-0.4, -0.2) is 12.5 Å². The summed E-state index contributed by atoms with van der Waals surface area (Å²) in [6, 6.07) is 3.59. The minimum atomic E-state index is -0.0807. The summed E-state index contributed by atoms with van der Waals surface area (Å²) in [5.74, 6) is 0.831. The van der Waals surface area contributed by atoms with Crippen LogP contribution in [-0.2, 0) is 4.79 Å². The van der Waals surface area contributed by atoms with Crippen molar-refractivity contribution in [2.24, 2.45) is 11.7 Å². The van der Waals surface area contributed by atoms with Crippen LogP contribution < -0.4 is 11.1 Å². The molecule has 90 valence electrons. The van der Waals surface area contributed by atoms with E-state index in [1.165, 1.54) is 0 Å². The van der Waals surface area contributed by atoms with Crippen LogP contribution >= 0.6 is 0 Å². The molecule has 1 aromatic heterocycles. The van der Waals surface area contributed by atoms with Crippen LogP contribution in [0.5, 0.6) is 0 Å². The number of carbonyl (C=O) groups excluding carboxylic acids is 1. The van der Waals surface area contributed by atoms with Gasteiger partial charge in [0.05, 0.1) is 12.3 Å². The van der Waals surface area contributed by atoms with Crippen LogP contribution in [0.3, 0.4) is 0 Å². The highest BCUT2D eigenvalue weighted by atomic mass is 16.3. The SMILES string of the molecule is CC(CCCN)C(=O)NC(C)c1ccco1. The Bertz CT molecular complexity index is 309. The molecule has 0 spiro atoms. The second kappa shape index (κ2) is 6.33. The largest absolute Gasteiger partial charge is 0.467 e. The van der Waals surface area contributed by atoms with Gasteiger partial charge in [0.15, 0.2) is 0 Å². The van der Waals surface area contributed by atoms with Crippen molar-refractivity contribution in [3.8, 4) is 0 Å². The molecule has 0 bridgehead atoms. The molecule has 0 saturated heterocycles. The predicted octanol–water partition coefficient (Wildman–Crippen LogP) is 1.83. The fourth-order valence-corrected chi connectivity index (χ4v) is 1.52. The van der Waals surface area contributed by atoms with Crippen LogP contribution in [0.1, 0.15) is 38.5 Å². The predicted molar refractivity (Wildman–Crippen MR) is 62.7 cm³/mol. The molecule has 2 atom stereocenters. The maximum absolute atomic E-state index is 11.8. The van der Waals surface area contributed by atoms with E-state index in [1.54, 1.807) is 6.26 Å². The van der Waals surface area contributed by atoms with Crippen molar-refractivity contribution in [3.05, 3.63) is 24.2 Å². The Morgan fingerprint density at radius 1 is 1.56 bits per heavy atom. The summed E-state index contributed by atoms with van der Waals surface area (Å²) in [6.45, 7) is 4.46. The van der Waals surface area contributed by atoms with Gasteiger partial charge >= 0.3 is 0 Å². The van der Waals surface area contributed by atoms with Gasteiger partial charge < -0.3 is 15.5 Å². The molecule has 0 aliphatic rings. The van der Waals surface area contributed by atoms with Gasteiger partial charge in [0, 0.05) is 5.92 Å². The van der Waals surface area contributed by atoms with Gasteiger partial charge in [0.25, 0.3) is 0 Å². The highest BCUT2D eigenvalue weighted by molar-refractivity contribution is 5.78. The molecule has 0 aliphatic heterocycles. The van der Waals surface area contributed by atoms with E-state index < -0.39 is 0 Å². The lowest BCUT2D eigenvalue weighted by atomic mass is 10.0. The summed E-state index contributed by atoms with van der Waals surface area (Å²) in [5.41, 5.74) is 5.41. The monoisotopic (exact) mass is 224 g/mol. The zero-order valence-corrected chi connectivity index (χ0v) is 9.90. The Hall–Kier alpha value is -1.29. The summed E-state index contributed by atoms with van der Waals surface area (Å²) in [7, 11) is 0. The third-order valence-corrected chi connectivity index (χ3v) is 2.62. The fourth-order valence-electron chi connectivity index (χ4n) is 1.52. The Labute approximate surface area is 96.2 Å². The summed E-state index contributed by atoms with van der Waals surface area (Å²) in [6.07, 6.45) is 3.31. The number of nitrogens with two attached hydrogens (primary N) is 1. The number of hydrogen-bond acceptors (Lipinski definition) is 3. The molecular weight excluding hydrogens is 204 g/mol. The molecule has 1 rings (SSSR count). The van der Waals surface area contributed by atoms with Gasteiger partial charge in [-0.15, -0.1) is 0 Å². The lowest BCUT2D eigenvalue weighted by Crippen LogP contribution is -2.31. The Balaban J connectivity index is 2.39. The number of hydrogen-bond donors (Lipinski definition) is 2. The second-order valence-electron chi connectivity index (χ2n) is 4.08. The van der Waals surface area contributed by atoms with Gasteiger partial charge in [0.1, 0.15) is 5.76 Å². The first-order valence-corrected chi connectivity index (χ1v) is 5.69. The lowest BCUT2D eigenvalue weighted by Gasteiger charge is -2.15. The van der Waals surface area contributed by atoms with Gasteiger partial charge in [0.2, 0.25) is 5.91 Å².